The van der Waals surface area contributed by atoms with Crippen molar-refractivity contribution in [2.75, 3.05) is 44.3 Å². The molecule has 4 rings (SSSR count). The standard InChI is InChI=1S/C19H26N4O3/c24-12-10-21-8-3-6-19(17(21)26)7-9-22(14-19)18-20-15-4-1-2-5-16(15)23(18)11-13-25/h1-2,4-5,24-25H,3,6-14H2. The van der Waals surface area contributed by atoms with Crippen LogP contribution >= 0.6 is 0 Å². The molecule has 2 fully saturated rings. The molecule has 1 aromatic heterocycles. The second kappa shape index (κ2) is 6.89. The summed E-state index contributed by atoms with van der Waals surface area (Å²) in [4.78, 5) is 21.8. The molecule has 1 amide bonds. The third-order valence-electron chi connectivity index (χ3n) is 5.79. The lowest BCUT2D eigenvalue weighted by Gasteiger charge is -2.39. The summed E-state index contributed by atoms with van der Waals surface area (Å²) in [5.74, 6) is 1.01. The summed E-state index contributed by atoms with van der Waals surface area (Å²) in [7, 11) is 0. The summed E-state index contributed by atoms with van der Waals surface area (Å²) >= 11 is 0. The number of imidazole rings is 1. The molecule has 2 N–H and O–H groups in total. The van der Waals surface area contributed by atoms with E-state index in [2.05, 4.69) is 4.90 Å². The van der Waals surface area contributed by atoms with Gasteiger partial charge < -0.3 is 24.6 Å². The van der Waals surface area contributed by atoms with Crippen LogP contribution in [0.25, 0.3) is 11.0 Å². The van der Waals surface area contributed by atoms with E-state index in [1.807, 2.05) is 33.7 Å². The highest BCUT2D eigenvalue weighted by Gasteiger charge is 2.49. The number of nitrogens with zero attached hydrogens (tertiary/aromatic N) is 4. The SMILES string of the molecule is O=C1N(CCO)CCCC12CCN(c1nc3ccccc3n1CCO)C2. The Bertz CT molecular complexity index is 803. The van der Waals surface area contributed by atoms with Crippen molar-refractivity contribution in [3.8, 4) is 0 Å². The predicted octanol–water partition coefficient (Wildman–Crippen LogP) is 0.840. The van der Waals surface area contributed by atoms with E-state index in [0.717, 1.165) is 49.3 Å². The van der Waals surface area contributed by atoms with Gasteiger partial charge in [0.15, 0.2) is 0 Å². The van der Waals surface area contributed by atoms with Gasteiger partial charge in [0.05, 0.1) is 29.7 Å². The molecule has 1 spiro atoms. The van der Waals surface area contributed by atoms with Gasteiger partial charge in [0.1, 0.15) is 0 Å². The minimum absolute atomic E-state index is 0.0117. The van der Waals surface area contributed by atoms with Gasteiger partial charge in [-0.3, -0.25) is 4.79 Å². The summed E-state index contributed by atoms with van der Waals surface area (Å²) in [6, 6.07) is 7.94. The molecular formula is C19H26N4O3. The highest BCUT2D eigenvalue weighted by molar-refractivity contribution is 5.85. The van der Waals surface area contributed by atoms with Crippen LogP contribution in [0.5, 0.6) is 0 Å². The van der Waals surface area contributed by atoms with Gasteiger partial charge in [0.2, 0.25) is 11.9 Å². The number of hydrogen-bond donors (Lipinski definition) is 2. The van der Waals surface area contributed by atoms with Crippen LogP contribution in [-0.2, 0) is 11.3 Å². The van der Waals surface area contributed by atoms with Crippen LogP contribution in [0.4, 0.5) is 5.95 Å². The van der Waals surface area contributed by atoms with Crippen LogP contribution in [0.3, 0.4) is 0 Å². The Kier molecular flexibility index (Phi) is 4.58. The summed E-state index contributed by atoms with van der Waals surface area (Å²) in [5, 5.41) is 18.7. The lowest BCUT2D eigenvalue weighted by Crippen LogP contribution is -2.51. The fourth-order valence-corrected chi connectivity index (χ4v) is 4.53. The second-order valence-corrected chi connectivity index (χ2v) is 7.35. The number of β-amino-alcohol motifs (C(OH)–C–C–N with tert-alkyl or cyclic N) is 1. The van der Waals surface area contributed by atoms with E-state index in [9.17, 15) is 15.0 Å². The van der Waals surface area contributed by atoms with Crippen molar-refractivity contribution in [1.29, 1.82) is 0 Å². The summed E-state index contributed by atoms with van der Waals surface area (Å²) in [6.45, 7) is 3.15. The topological polar surface area (TPSA) is 81.8 Å². The Morgan fingerprint density at radius 3 is 2.69 bits per heavy atom. The number of likely N-dealkylation sites (tertiary alicyclic amines) is 1. The fourth-order valence-electron chi connectivity index (χ4n) is 4.53. The Morgan fingerprint density at radius 2 is 1.88 bits per heavy atom. The van der Waals surface area contributed by atoms with Crippen LogP contribution in [-0.4, -0.2) is 70.0 Å². The minimum Gasteiger partial charge on any atom is -0.395 e. The maximum atomic E-state index is 13.0. The van der Waals surface area contributed by atoms with Crippen LogP contribution in [0.1, 0.15) is 19.3 Å². The number of aliphatic hydroxyl groups excluding tert-OH is 2. The number of para-hydroxylation sites is 2. The average molecular weight is 358 g/mol. The predicted molar refractivity (Wildman–Crippen MR) is 99.0 cm³/mol. The molecule has 3 heterocycles. The summed E-state index contributed by atoms with van der Waals surface area (Å²) in [6.07, 6.45) is 2.69. The summed E-state index contributed by atoms with van der Waals surface area (Å²) < 4.78 is 2.05. The van der Waals surface area contributed by atoms with Crippen molar-refractivity contribution < 1.29 is 15.0 Å². The molecule has 2 aliphatic heterocycles. The van der Waals surface area contributed by atoms with Gasteiger partial charge in [0, 0.05) is 32.7 Å². The summed E-state index contributed by atoms with van der Waals surface area (Å²) in [5.41, 5.74) is 1.55. The number of fused-ring (bicyclic) bond motifs is 1. The molecule has 2 saturated heterocycles. The lowest BCUT2D eigenvalue weighted by molar-refractivity contribution is -0.145. The fraction of sp³-hybridized carbons (Fsp3) is 0.579. The number of benzene rings is 1. The number of carbonyl (C=O) groups excluding carboxylic acids is 1. The molecule has 0 aliphatic carbocycles. The number of hydrogen-bond acceptors (Lipinski definition) is 5. The highest BCUT2D eigenvalue weighted by atomic mass is 16.3. The molecule has 0 saturated carbocycles. The number of anilines is 1. The number of aliphatic hydroxyl groups is 2. The molecule has 7 heteroatoms. The van der Waals surface area contributed by atoms with Gasteiger partial charge in [-0.1, -0.05) is 12.1 Å². The first-order chi connectivity index (χ1) is 12.7. The van der Waals surface area contributed by atoms with Gasteiger partial charge in [-0.05, 0) is 31.4 Å². The van der Waals surface area contributed by atoms with Crippen molar-refractivity contribution in [1.82, 2.24) is 14.5 Å². The molecule has 0 radical (unpaired) electrons. The van der Waals surface area contributed by atoms with Gasteiger partial charge in [-0.2, -0.15) is 0 Å². The van der Waals surface area contributed by atoms with Gasteiger partial charge in [-0.25, -0.2) is 4.98 Å². The first-order valence-electron chi connectivity index (χ1n) is 9.40. The van der Waals surface area contributed by atoms with Crippen molar-refractivity contribution in [2.45, 2.75) is 25.8 Å². The van der Waals surface area contributed by atoms with E-state index in [1.54, 1.807) is 0 Å². The van der Waals surface area contributed by atoms with Crippen LogP contribution in [0.15, 0.2) is 24.3 Å². The molecule has 1 atom stereocenters. The molecule has 1 aromatic carbocycles. The van der Waals surface area contributed by atoms with E-state index >= 15 is 0 Å². The lowest BCUT2D eigenvalue weighted by atomic mass is 9.78. The van der Waals surface area contributed by atoms with Gasteiger partial charge in [0.25, 0.3) is 0 Å². The van der Waals surface area contributed by atoms with Gasteiger partial charge in [-0.15, -0.1) is 0 Å². The molecular weight excluding hydrogens is 332 g/mol. The van der Waals surface area contributed by atoms with Crippen LogP contribution in [0.2, 0.25) is 0 Å². The van der Waals surface area contributed by atoms with Crippen LogP contribution < -0.4 is 4.90 Å². The normalized spacial score (nSPS) is 23.5. The quantitative estimate of drug-likeness (QED) is 0.828. The van der Waals surface area contributed by atoms with E-state index in [-0.39, 0.29) is 24.5 Å². The first kappa shape index (κ1) is 17.3. The molecule has 26 heavy (non-hydrogen) atoms. The van der Waals surface area contributed by atoms with Gasteiger partial charge >= 0.3 is 0 Å². The monoisotopic (exact) mass is 358 g/mol. The van der Waals surface area contributed by atoms with Crippen molar-refractivity contribution >= 4 is 22.9 Å². The second-order valence-electron chi connectivity index (χ2n) is 7.35. The zero-order valence-electron chi connectivity index (χ0n) is 15.0. The maximum Gasteiger partial charge on any atom is 0.230 e. The van der Waals surface area contributed by atoms with E-state index in [0.29, 0.717) is 19.6 Å². The highest BCUT2D eigenvalue weighted by Crippen LogP contribution is 2.41. The largest absolute Gasteiger partial charge is 0.395 e. The molecule has 2 aromatic rings. The number of carbonyl (C=O) groups is 1. The Balaban J connectivity index is 1.64. The molecule has 140 valence electrons. The maximum absolute atomic E-state index is 13.0. The number of rotatable bonds is 5. The van der Waals surface area contributed by atoms with Crippen LogP contribution in [0, 0.1) is 5.41 Å². The minimum atomic E-state index is -0.365. The van der Waals surface area contributed by atoms with E-state index in [1.165, 1.54) is 0 Å². The molecule has 7 nitrogen and oxygen atoms in total. The third-order valence-corrected chi connectivity index (χ3v) is 5.79. The third kappa shape index (κ3) is 2.75. The number of aromatic nitrogens is 2. The van der Waals surface area contributed by atoms with Crippen molar-refractivity contribution in [3.63, 3.8) is 0 Å². The average Bonchev–Trinajstić information content (AvgIpc) is 3.23. The Hall–Kier alpha value is -2.12. The number of piperidine rings is 1. The smallest absolute Gasteiger partial charge is 0.230 e. The molecule has 0 bridgehead atoms. The first-order valence-corrected chi connectivity index (χ1v) is 9.40. The van der Waals surface area contributed by atoms with Crippen molar-refractivity contribution in [3.05, 3.63) is 24.3 Å². The zero-order valence-corrected chi connectivity index (χ0v) is 15.0. The Morgan fingerprint density at radius 1 is 1.08 bits per heavy atom. The molecule has 1 unspecified atom stereocenters. The zero-order chi connectivity index (χ0) is 18.1. The van der Waals surface area contributed by atoms with E-state index < -0.39 is 0 Å². The van der Waals surface area contributed by atoms with E-state index in [4.69, 9.17) is 4.98 Å². The Labute approximate surface area is 152 Å². The number of amides is 1. The van der Waals surface area contributed by atoms with Crippen molar-refractivity contribution in [2.24, 2.45) is 5.41 Å². The molecule has 2 aliphatic rings.